The largest absolute Gasteiger partial charge is 0.352 e. The number of carbonyl (C=O) groups excluding carboxylic acids is 2. The fraction of sp³-hybridized carbons (Fsp3) is 0.500. The van der Waals surface area contributed by atoms with Gasteiger partial charge in [0.25, 0.3) is 5.91 Å². The summed E-state index contributed by atoms with van der Waals surface area (Å²) in [5, 5.41) is 3.04. The van der Waals surface area contributed by atoms with Crippen molar-refractivity contribution in [3.8, 4) is 0 Å². The summed E-state index contributed by atoms with van der Waals surface area (Å²) >= 11 is 0. The number of hydrogen-bond donors (Lipinski definition) is 1. The molecule has 3 rings (SSSR count). The van der Waals surface area contributed by atoms with Gasteiger partial charge >= 0.3 is 0 Å². The molecule has 1 aromatic heterocycles. The number of aryl methyl sites for hydroxylation is 2. The zero-order valence-electron chi connectivity index (χ0n) is 15.7. The van der Waals surface area contributed by atoms with Crippen LogP contribution in [-0.2, 0) is 4.79 Å². The Kier molecular flexibility index (Phi) is 5.49. The normalized spacial score (nSPS) is 17.3. The highest BCUT2D eigenvalue weighted by Gasteiger charge is 2.25. The number of carbonyl (C=O) groups is 2. The minimum Gasteiger partial charge on any atom is -0.352 e. The maximum atomic E-state index is 12.9. The van der Waals surface area contributed by atoms with E-state index in [4.69, 9.17) is 0 Å². The Labute approximate surface area is 154 Å². The van der Waals surface area contributed by atoms with Crippen LogP contribution in [0, 0.1) is 13.8 Å². The van der Waals surface area contributed by atoms with Gasteiger partial charge in [-0.05, 0) is 51.3 Å². The second kappa shape index (κ2) is 7.81. The molecule has 1 aliphatic rings. The third kappa shape index (κ3) is 4.00. The SMILES string of the molecule is CCCC(=O)NC1CCCN(C(=O)c2ccc3nc(C)c(C)nc3c2)C1. The number of piperidine rings is 1. The van der Waals surface area contributed by atoms with Crippen LogP contribution in [0.2, 0.25) is 0 Å². The Balaban J connectivity index is 1.74. The molecule has 2 heterocycles. The molecular weight excluding hydrogens is 328 g/mol. The monoisotopic (exact) mass is 354 g/mol. The maximum Gasteiger partial charge on any atom is 0.254 e. The molecule has 1 N–H and O–H groups in total. The van der Waals surface area contributed by atoms with Crippen molar-refractivity contribution in [2.45, 2.75) is 52.5 Å². The number of amides is 2. The minimum absolute atomic E-state index is 0.0126. The third-order valence-corrected chi connectivity index (χ3v) is 4.87. The van der Waals surface area contributed by atoms with Gasteiger partial charge < -0.3 is 10.2 Å². The summed E-state index contributed by atoms with van der Waals surface area (Å²) in [7, 11) is 0. The number of benzene rings is 1. The molecule has 26 heavy (non-hydrogen) atoms. The van der Waals surface area contributed by atoms with Crippen molar-refractivity contribution in [3.63, 3.8) is 0 Å². The summed E-state index contributed by atoms with van der Waals surface area (Å²) in [5.74, 6) is 0.0555. The lowest BCUT2D eigenvalue weighted by molar-refractivity contribution is -0.122. The zero-order chi connectivity index (χ0) is 18.7. The molecule has 2 amide bonds. The average Bonchev–Trinajstić information content (AvgIpc) is 2.62. The number of likely N-dealkylation sites (tertiary alicyclic amines) is 1. The van der Waals surface area contributed by atoms with Crippen LogP contribution in [0.3, 0.4) is 0 Å². The number of fused-ring (bicyclic) bond motifs is 1. The first-order chi connectivity index (χ1) is 12.5. The fourth-order valence-electron chi connectivity index (χ4n) is 3.35. The first-order valence-electron chi connectivity index (χ1n) is 9.31. The Hall–Kier alpha value is -2.50. The summed E-state index contributed by atoms with van der Waals surface area (Å²) in [4.78, 5) is 35.6. The second-order valence-electron chi connectivity index (χ2n) is 7.01. The summed E-state index contributed by atoms with van der Waals surface area (Å²) < 4.78 is 0. The molecule has 1 aromatic carbocycles. The molecule has 2 aromatic rings. The molecule has 1 fully saturated rings. The van der Waals surface area contributed by atoms with Gasteiger partial charge in [0.15, 0.2) is 0 Å². The highest BCUT2D eigenvalue weighted by molar-refractivity contribution is 5.97. The standard InChI is InChI=1S/C20H26N4O2/c1-4-6-19(25)23-16-7-5-10-24(12-16)20(26)15-8-9-17-18(11-15)22-14(3)13(2)21-17/h8-9,11,16H,4-7,10,12H2,1-3H3,(H,23,25). The van der Waals surface area contributed by atoms with E-state index in [0.29, 0.717) is 18.5 Å². The first kappa shape index (κ1) is 18.3. The molecule has 0 saturated carbocycles. The van der Waals surface area contributed by atoms with Crippen LogP contribution in [0.4, 0.5) is 0 Å². The lowest BCUT2D eigenvalue weighted by Crippen LogP contribution is -2.49. The van der Waals surface area contributed by atoms with Crippen molar-refractivity contribution in [3.05, 3.63) is 35.2 Å². The van der Waals surface area contributed by atoms with Gasteiger partial charge in [-0.2, -0.15) is 0 Å². The Morgan fingerprint density at radius 2 is 1.92 bits per heavy atom. The van der Waals surface area contributed by atoms with Crippen LogP contribution < -0.4 is 5.32 Å². The van der Waals surface area contributed by atoms with E-state index < -0.39 is 0 Å². The third-order valence-electron chi connectivity index (χ3n) is 4.87. The Morgan fingerprint density at radius 1 is 1.19 bits per heavy atom. The average molecular weight is 354 g/mol. The molecule has 0 radical (unpaired) electrons. The van der Waals surface area contributed by atoms with Crippen molar-refractivity contribution in [2.75, 3.05) is 13.1 Å². The smallest absolute Gasteiger partial charge is 0.254 e. The van der Waals surface area contributed by atoms with E-state index in [2.05, 4.69) is 15.3 Å². The highest BCUT2D eigenvalue weighted by atomic mass is 16.2. The van der Waals surface area contributed by atoms with Gasteiger partial charge in [-0.3, -0.25) is 9.59 Å². The number of hydrogen-bond acceptors (Lipinski definition) is 4. The van der Waals surface area contributed by atoms with Crippen molar-refractivity contribution in [2.24, 2.45) is 0 Å². The van der Waals surface area contributed by atoms with E-state index in [1.54, 1.807) is 0 Å². The van der Waals surface area contributed by atoms with Crippen LogP contribution >= 0.6 is 0 Å². The van der Waals surface area contributed by atoms with Gasteiger partial charge in [0.2, 0.25) is 5.91 Å². The van der Waals surface area contributed by atoms with E-state index in [1.807, 2.05) is 43.9 Å². The molecule has 1 unspecified atom stereocenters. The van der Waals surface area contributed by atoms with E-state index in [1.165, 1.54) is 0 Å². The molecule has 6 heteroatoms. The van der Waals surface area contributed by atoms with Crippen LogP contribution in [0.1, 0.15) is 54.4 Å². The van der Waals surface area contributed by atoms with Gasteiger partial charge in [0.05, 0.1) is 22.4 Å². The summed E-state index contributed by atoms with van der Waals surface area (Å²) in [5.41, 5.74) is 3.93. The molecule has 1 atom stereocenters. The zero-order valence-corrected chi connectivity index (χ0v) is 15.7. The summed E-state index contributed by atoms with van der Waals surface area (Å²) in [6, 6.07) is 5.52. The maximum absolute atomic E-state index is 12.9. The number of rotatable bonds is 4. The number of aromatic nitrogens is 2. The van der Waals surface area contributed by atoms with E-state index in [-0.39, 0.29) is 17.9 Å². The van der Waals surface area contributed by atoms with E-state index in [0.717, 1.165) is 48.2 Å². The lowest BCUT2D eigenvalue weighted by atomic mass is 10.0. The topological polar surface area (TPSA) is 75.2 Å². The Bertz CT molecular complexity index is 834. The van der Waals surface area contributed by atoms with Crippen LogP contribution in [0.5, 0.6) is 0 Å². The first-order valence-corrected chi connectivity index (χ1v) is 9.31. The molecule has 1 aliphatic heterocycles. The van der Waals surface area contributed by atoms with Gasteiger partial charge in [0.1, 0.15) is 0 Å². The lowest BCUT2D eigenvalue weighted by Gasteiger charge is -2.33. The molecule has 0 spiro atoms. The van der Waals surface area contributed by atoms with Gasteiger partial charge in [-0.25, -0.2) is 9.97 Å². The summed E-state index contributed by atoms with van der Waals surface area (Å²) in [6.07, 6.45) is 3.18. The van der Waals surface area contributed by atoms with Crippen molar-refractivity contribution >= 4 is 22.8 Å². The molecule has 0 bridgehead atoms. The molecule has 6 nitrogen and oxygen atoms in total. The van der Waals surface area contributed by atoms with Crippen LogP contribution in [-0.4, -0.2) is 45.8 Å². The minimum atomic E-state index is -0.0126. The molecule has 0 aliphatic carbocycles. The van der Waals surface area contributed by atoms with Crippen molar-refractivity contribution < 1.29 is 9.59 Å². The van der Waals surface area contributed by atoms with Crippen molar-refractivity contribution in [1.29, 1.82) is 0 Å². The van der Waals surface area contributed by atoms with Crippen molar-refractivity contribution in [1.82, 2.24) is 20.2 Å². The van der Waals surface area contributed by atoms with Gasteiger partial charge in [-0.15, -0.1) is 0 Å². The number of nitrogens with one attached hydrogen (secondary N) is 1. The van der Waals surface area contributed by atoms with Crippen LogP contribution in [0.25, 0.3) is 11.0 Å². The quantitative estimate of drug-likeness (QED) is 0.916. The van der Waals surface area contributed by atoms with Gasteiger partial charge in [0, 0.05) is 31.1 Å². The van der Waals surface area contributed by atoms with E-state index in [9.17, 15) is 9.59 Å². The second-order valence-corrected chi connectivity index (χ2v) is 7.01. The van der Waals surface area contributed by atoms with Crippen LogP contribution in [0.15, 0.2) is 18.2 Å². The molecule has 138 valence electrons. The fourth-order valence-corrected chi connectivity index (χ4v) is 3.35. The molecule has 1 saturated heterocycles. The predicted octanol–water partition coefficient (Wildman–Crippen LogP) is 2.77. The van der Waals surface area contributed by atoms with Gasteiger partial charge in [-0.1, -0.05) is 6.92 Å². The predicted molar refractivity (Wildman–Crippen MR) is 101 cm³/mol. The Morgan fingerprint density at radius 3 is 2.65 bits per heavy atom. The van der Waals surface area contributed by atoms with E-state index >= 15 is 0 Å². The summed E-state index contributed by atoms with van der Waals surface area (Å²) in [6.45, 7) is 7.12. The number of nitrogens with zero attached hydrogens (tertiary/aromatic N) is 3. The molecular formula is C20H26N4O2. The highest BCUT2D eigenvalue weighted by Crippen LogP contribution is 2.18.